The zero-order chi connectivity index (χ0) is 33.5. The van der Waals surface area contributed by atoms with Gasteiger partial charge < -0.3 is 21.3 Å². The Labute approximate surface area is 268 Å². The van der Waals surface area contributed by atoms with Crippen molar-refractivity contribution >= 4 is 29.4 Å². The Balaban J connectivity index is 2.29. The van der Waals surface area contributed by atoms with Gasteiger partial charge in [0.15, 0.2) is 5.78 Å². The second-order valence-electron chi connectivity index (χ2n) is 12.6. The average Bonchev–Trinajstić information content (AvgIpc) is 2.98. The zero-order valence-corrected chi connectivity index (χ0v) is 27.5. The summed E-state index contributed by atoms with van der Waals surface area (Å²) in [5, 5.41) is 11.2. The minimum absolute atomic E-state index is 0.0367. The van der Waals surface area contributed by atoms with E-state index in [0.717, 1.165) is 11.1 Å². The lowest BCUT2D eigenvalue weighted by Crippen LogP contribution is -2.58. The Morgan fingerprint density at radius 1 is 0.600 bits per heavy atom. The van der Waals surface area contributed by atoms with Crippen molar-refractivity contribution in [3.8, 4) is 0 Å². The van der Waals surface area contributed by atoms with Crippen LogP contribution in [0.4, 0.5) is 0 Å². The van der Waals surface area contributed by atoms with Gasteiger partial charge in [0.2, 0.25) is 23.6 Å². The average molecular weight is 619 g/mol. The van der Waals surface area contributed by atoms with Gasteiger partial charge in [-0.05, 0) is 61.1 Å². The Morgan fingerprint density at radius 2 is 1.04 bits per heavy atom. The summed E-state index contributed by atoms with van der Waals surface area (Å²) in [6.45, 7) is 14.5. The Bertz CT molecular complexity index is 1290. The van der Waals surface area contributed by atoms with E-state index in [9.17, 15) is 24.0 Å². The molecule has 0 fully saturated rings. The smallest absolute Gasteiger partial charge is 0.243 e. The predicted octanol–water partition coefficient (Wildman–Crippen LogP) is 4.06. The summed E-state index contributed by atoms with van der Waals surface area (Å²) in [6, 6.07) is 15.3. The summed E-state index contributed by atoms with van der Waals surface area (Å²) in [6.07, 6.45) is 1.82. The van der Waals surface area contributed by atoms with Crippen LogP contribution in [-0.2, 0) is 36.8 Å². The molecule has 0 aliphatic heterocycles. The van der Waals surface area contributed by atoms with E-state index in [1.807, 2.05) is 88.4 Å². The molecule has 0 aliphatic carbocycles. The molecule has 2 aromatic rings. The maximum absolute atomic E-state index is 13.8. The van der Waals surface area contributed by atoms with Crippen molar-refractivity contribution < 1.29 is 24.0 Å². The summed E-state index contributed by atoms with van der Waals surface area (Å²) in [7, 11) is 0. The minimum atomic E-state index is -1.01. The van der Waals surface area contributed by atoms with Gasteiger partial charge in [0, 0.05) is 13.3 Å². The van der Waals surface area contributed by atoms with Gasteiger partial charge in [-0.3, -0.25) is 24.0 Å². The van der Waals surface area contributed by atoms with E-state index in [2.05, 4.69) is 27.8 Å². The molecule has 244 valence electrons. The van der Waals surface area contributed by atoms with Crippen LogP contribution in [0.15, 0.2) is 72.8 Å². The van der Waals surface area contributed by atoms with Crippen molar-refractivity contribution in [1.29, 1.82) is 0 Å². The lowest BCUT2D eigenvalue weighted by molar-refractivity contribution is -0.134. The molecule has 4 N–H and O–H groups in total. The van der Waals surface area contributed by atoms with Crippen molar-refractivity contribution in [2.75, 3.05) is 0 Å². The highest BCUT2D eigenvalue weighted by Crippen LogP contribution is 2.13. The van der Waals surface area contributed by atoms with E-state index in [1.54, 1.807) is 6.92 Å². The van der Waals surface area contributed by atoms with E-state index in [-0.39, 0.29) is 29.9 Å². The predicted molar refractivity (Wildman–Crippen MR) is 177 cm³/mol. The van der Waals surface area contributed by atoms with Crippen molar-refractivity contribution in [1.82, 2.24) is 21.3 Å². The largest absolute Gasteiger partial charge is 0.345 e. The number of rotatable bonds is 18. The van der Waals surface area contributed by atoms with Gasteiger partial charge in [0.1, 0.15) is 18.1 Å². The summed E-state index contributed by atoms with van der Waals surface area (Å²) in [4.78, 5) is 65.7. The molecule has 9 nitrogen and oxygen atoms in total. The molecule has 0 saturated carbocycles. The van der Waals surface area contributed by atoms with Gasteiger partial charge in [-0.25, -0.2) is 0 Å². The summed E-state index contributed by atoms with van der Waals surface area (Å²) >= 11 is 0. The molecule has 4 atom stereocenters. The molecule has 0 heterocycles. The molecule has 0 spiro atoms. The van der Waals surface area contributed by atoms with E-state index in [4.69, 9.17) is 0 Å². The van der Waals surface area contributed by atoms with Crippen molar-refractivity contribution in [3.63, 3.8) is 0 Å². The number of hydrogen-bond donors (Lipinski definition) is 4. The molecule has 2 aromatic carbocycles. The van der Waals surface area contributed by atoms with Crippen LogP contribution in [0, 0.1) is 11.8 Å². The number of benzene rings is 2. The summed E-state index contributed by atoms with van der Waals surface area (Å²) < 4.78 is 0. The quantitative estimate of drug-likeness (QED) is 0.187. The molecular weight excluding hydrogens is 568 g/mol. The van der Waals surface area contributed by atoms with Gasteiger partial charge in [0.05, 0.1) is 6.04 Å². The lowest BCUT2D eigenvalue weighted by atomic mass is 9.96. The van der Waals surface area contributed by atoms with Crippen molar-refractivity contribution in [3.05, 3.63) is 83.9 Å². The molecule has 45 heavy (non-hydrogen) atoms. The molecule has 0 bridgehead atoms. The number of nitrogens with one attached hydrogen (secondary N) is 4. The molecule has 2 rings (SSSR count). The van der Waals surface area contributed by atoms with E-state index >= 15 is 0 Å². The number of amides is 4. The Morgan fingerprint density at radius 3 is 1.56 bits per heavy atom. The van der Waals surface area contributed by atoms with Gasteiger partial charge in [-0.1, -0.05) is 94.9 Å². The van der Waals surface area contributed by atoms with Crippen LogP contribution >= 0.6 is 0 Å². The molecule has 0 saturated heterocycles. The van der Waals surface area contributed by atoms with E-state index in [0.29, 0.717) is 31.3 Å². The van der Waals surface area contributed by atoms with Gasteiger partial charge >= 0.3 is 0 Å². The molecular formula is C36H50N4O5. The highest BCUT2D eigenvalue weighted by molar-refractivity contribution is 6.01. The first-order valence-electron chi connectivity index (χ1n) is 15.7. The molecule has 0 radical (unpaired) electrons. The van der Waals surface area contributed by atoms with Crippen LogP contribution in [0.1, 0.15) is 71.9 Å². The third kappa shape index (κ3) is 13.5. The Kier molecular flexibility index (Phi) is 15.2. The topological polar surface area (TPSA) is 133 Å². The fraction of sp³-hybridized carbons (Fsp3) is 0.472. The Hall–Kier alpha value is -4.27. The first-order valence-corrected chi connectivity index (χ1v) is 15.7. The van der Waals surface area contributed by atoms with Crippen LogP contribution < -0.4 is 21.3 Å². The summed E-state index contributed by atoms with van der Waals surface area (Å²) in [5.74, 6) is -1.95. The normalized spacial score (nSPS) is 13.7. The zero-order valence-electron chi connectivity index (χ0n) is 27.5. The van der Waals surface area contributed by atoms with E-state index in [1.165, 1.54) is 6.92 Å². The van der Waals surface area contributed by atoms with Gasteiger partial charge in [-0.15, -0.1) is 0 Å². The number of hydrogen-bond acceptors (Lipinski definition) is 5. The van der Waals surface area contributed by atoms with Crippen LogP contribution in [0.3, 0.4) is 0 Å². The number of ketones is 1. The summed E-state index contributed by atoms with van der Waals surface area (Å²) in [5.41, 5.74) is 2.18. The monoisotopic (exact) mass is 618 g/mol. The highest BCUT2D eigenvalue weighted by Gasteiger charge is 2.32. The standard InChI is InChI=1S/C36H50N4O5/c1-23(2)20-30(33(42)25(5)6)38-36(45)32(22-28-16-12-9-13-17-28)40-35(44)31(21-24(3)4)39-34(43)29(37-26(7)41)19-18-27-14-10-8-11-15-27/h8-17,23-24,29-32H,5,18-22H2,1-4,6-7H3,(H,37,41)(H,38,45)(H,39,43)(H,40,44)/t29-,30-,31-,32-/m0/s1. The molecule has 0 unspecified atom stereocenters. The van der Waals surface area contributed by atoms with Gasteiger partial charge in [-0.2, -0.15) is 0 Å². The number of carbonyl (C=O) groups is 5. The number of carbonyl (C=O) groups excluding carboxylic acids is 5. The van der Waals surface area contributed by atoms with Crippen molar-refractivity contribution in [2.45, 2.75) is 97.8 Å². The SMILES string of the molecule is C=C(C)C(=O)[C@H](CC(C)C)NC(=O)[C@H](Cc1ccccc1)NC(=O)[C@H](CC(C)C)NC(=O)[C@H](CCc1ccccc1)NC(C)=O. The van der Waals surface area contributed by atoms with Gasteiger partial charge in [0.25, 0.3) is 0 Å². The second kappa shape index (κ2) is 18.5. The minimum Gasteiger partial charge on any atom is -0.345 e. The lowest BCUT2D eigenvalue weighted by Gasteiger charge is -2.27. The maximum atomic E-state index is 13.8. The van der Waals surface area contributed by atoms with Crippen LogP contribution in [-0.4, -0.2) is 53.6 Å². The first-order chi connectivity index (χ1) is 21.3. The number of aryl methyl sites for hydroxylation is 1. The maximum Gasteiger partial charge on any atom is 0.243 e. The second-order valence-corrected chi connectivity index (χ2v) is 12.6. The van der Waals surface area contributed by atoms with E-state index < -0.39 is 41.9 Å². The third-order valence-corrected chi connectivity index (χ3v) is 7.27. The first kappa shape index (κ1) is 36.9. The fourth-order valence-electron chi connectivity index (χ4n) is 5.05. The van der Waals surface area contributed by atoms with Crippen molar-refractivity contribution in [2.24, 2.45) is 11.8 Å². The third-order valence-electron chi connectivity index (χ3n) is 7.27. The number of Topliss-reactive ketones (excluding diaryl/α,β-unsaturated/α-hetero) is 1. The highest BCUT2D eigenvalue weighted by atomic mass is 16.2. The van der Waals surface area contributed by atoms with Crippen LogP contribution in [0.5, 0.6) is 0 Å². The fourth-order valence-corrected chi connectivity index (χ4v) is 5.05. The molecule has 9 heteroatoms. The molecule has 0 aromatic heterocycles. The molecule has 0 aliphatic rings. The molecule has 4 amide bonds. The van der Waals surface area contributed by atoms with Crippen LogP contribution in [0.25, 0.3) is 0 Å². The van der Waals surface area contributed by atoms with Crippen LogP contribution in [0.2, 0.25) is 0 Å².